The van der Waals surface area contributed by atoms with E-state index in [1.54, 1.807) is 0 Å². The van der Waals surface area contributed by atoms with Crippen molar-refractivity contribution in [3.05, 3.63) is 33.9 Å². The van der Waals surface area contributed by atoms with E-state index in [-0.39, 0.29) is 31.0 Å². The Labute approximate surface area is 114 Å². The molecule has 6 N–H and O–H groups in total. The Kier molecular flexibility index (Phi) is 4.98. The minimum Gasteiger partial charge on any atom is -0.393 e. The molecule has 0 saturated heterocycles. The zero-order chi connectivity index (χ0) is 15.3. The van der Waals surface area contributed by atoms with E-state index < -0.39 is 16.7 Å². The van der Waals surface area contributed by atoms with Crippen LogP contribution >= 0.6 is 0 Å². The molecule has 0 atom stereocenters. The van der Waals surface area contributed by atoms with Gasteiger partial charge in [0, 0.05) is 12.6 Å². The second-order valence-corrected chi connectivity index (χ2v) is 4.23. The molecule has 0 saturated carbocycles. The molecule has 0 aliphatic heterocycles. The first-order valence-electron chi connectivity index (χ1n) is 5.61. The number of nitrogens with zero attached hydrogens (tertiary/aromatic N) is 2. The van der Waals surface area contributed by atoms with E-state index >= 15 is 0 Å². The number of benzene rings is 1. The summed E-state index contributed by atoms with van der Waals surface area (Å²) in [5.41, 5.74) is 16.1. The van der Waals surface area contributed by atoms with Gasteiger partial charge in [0.15, 0.2) is 0 Å². The first kappa shape index (κ1) is 15.4. The number of carbonyl (C=O) groups excluding carboxylic acids is 2. The fourth-order valence-corrected chi connectivity index (χ4v) is 1.74. The van der Waals surface area contributed by atoms with Crippen LogP contribution in [0.5, 0.6) is 0 Å². The van der Waals surface area contributed by atoms with Crippen LogP contribution in [-0.4, -0.2) is 34.7 Å². The van der Waals surface area contributed by atoms with Crippen molar-refractivity contribution in [2.75, 3.05) is 18.8 Å². The van der Waals surface area contributed by atoms with Crippen molar-refractivity contribution in [2.45, 2.75) is 6.54 Å². The number of primary amides is 2. The van der Waals surface area contributed by atoms with Crippen molar-refractivity contribution in [3.8, 4) is 0 Å². The van der Waals surface area contributed by atoms with Crippen LogP contribution in [-0.2, 0) is 16.1 Å². The van der Waals surface area contributed by atoms with Crippen molar-refractivity contribution in [2.24, 2.45) is 11.5 Å². The normalized spacial score (nSPS) is 10.4. The van der Waals surface area contributed by atoms with Gasteiger partial charge in [0.25, 0.3) is 5.69 Å². The number of hydrogen-bond donors (Lipinski definition) is 3. The average Bonchev–Trinajstić information content (AvgIpc) is 2.26. The first-order valence-corrected chi connectivity index (χ1v) is 5.61. The fraction of sp³-hybridized carbons (Fsp3) is 0.273. The molecule has 1 rings (SSSR count). The topological polar surface area (TPSA) is 159 Å². The molecule has 2 amide bonds. The van der Waals surface area contributed by atoms with Crippen molar-refractivity contribution in [3.63, 3.8) is 0 Å². The molecule has 0 fully saturated rings. The number of hydrogen-bond acceptors (Lipinski definition) is 6. The zero-order valence-corrected chi connectivity index (χ0v) is 10.6. The third-order valence-corrected chi connectivity index (χ3v) is 2.45. The first-order chi connectivity index (χ1) is 9.29. The molecule has 0 aliphatic rings. The summed E-state index contributed by atoms with van der Waals surface area (Å²) in [6, 6.07) is 4.16. The summed E-state index contributed by atoms with van der Waals surface area (Å²) in [4.78, 5) is 33.3. The summed E-state index contributed by atoms with van der Waals surface area (Å²) in [6.07, 6.45) is 0. The number of nitrogen functional groups attached to an aromatic ring is 1. The van der Waals surface area contributed by atoms with Gasteiger partial charge in [-0.2, -0.15) is 0 Å². The lowest BCUT2D eigenvalue weighted by Gasteiger charge is -2.19. The molecular weight excluding hydrogens is 266 g/mol. The van der Waals surface area contributed by atoms with E-state index in [2.05, 4.69) is 0 Å². The van der Waals surface area contributed by atoms with Gasteiger partial charge in [-0.3, -0.25) is 24.6 Å². The SMILES string of the molecule is NC(=O)CN(CC(N)=O)Cc1ccc([N+](=O)[O-])c(N)c1. The maximum absolute atomic E-state index is 10.9. The lowest BCUT2D eigenvalue weighted by molar-refractivity contribution is -0.383. The predicted octanol–water partition coefficient (Wildman–Crippen LogP) is -1.05. The summed E-state index contributed by atoms with van der Waals surface area (Å²) >= 11 is 0. The highest BCUT2D eigenvalue weighted by Crippen LogP contribution is 2.22. The van der Waals surface area contributed by atoms with Crippen LogP contribution in [0.3, 0.4) is 0 Å². The van der Waals surface area contributed by atoms with E-state index in [0.717, 1.165) is 0 Å². The summed E-state index contributed by atoms with van der Waals surface area (Å²) in [7, 11) is 0. The smallest absolute Gasteiger partial charge is 0.292 e. The lowest BCUT2D eigenvalue weighted by Crippen LogP contribution is -2.39. The van der Waals surface area contributed by atoms with Gasteiger partial charge in [0.05, 0.1) is 18.0 Å². The zero-order valence-electron chi connectivity index (χ0n) is 10.6. The van der Waals surface area contributed by atoms with Crippen molar-refractivity contribution >= 4 is 23.2 Å². The standard InChI is InChI=1S/C11H15N5O4/c12-8-3-7(1-2-9(8)16(19)20)4-15(5-10(13)17)6-11(14)18/h1-3H,4-6,12H2,(H2,13,17)(H2,14,18). The number of nitro groups is 1. The van der Waals surface area contributed by atoms with Gasteiger partial charge >= 0.3 is 0 Å². The highest BCUT2D eigenvalue weighted by Gasteiger charge is 2.15. The van der Waals surface area contributed by atoms with Gasteiger partial charge in [-0.05, 0) is 11.6 Å². The molecule has 0 radical (unpaired) electrons. The Morgan fingerprint density at radius 1 is 1.20 bits per heavy atom. The van der Waals surface area contributed by atoms with E-state index in [0.29, 0.717) is 5.56 Å². The highest BCUT2D eigenvalue weighted by molar-refractivity contribution is 5.79. The highest BCUT2D eigenvalue weighted by atomic mass is 16.6. The molecule has 0 spiro atoms. The lowest BCUT2D eigenvalue weighted by atomic mass is 10.1. The molecule has 1 aromatic rings. The molecule has 9 heteroatoms. The largest absolute Gasteiger partial charge is 0.393 e. The van der Waals surface area contributed by atoms with Gasteiger partial charge in [-0.15, -0.1) is 0 Å². The van der Waals surface area contributed by atoms with Crippen molar-refractivity contribution < 1.29 is 14.5 Å². The van der Waals surface area contributed by atoms with Crippen molar-refractivity contribution in [1.29, 1.82) is 0 Å². The van der Waals surface area contributed by atoms with Gasteiger partial charge in [0.1, 0.15) is 5.69 Å². The Morgan fingerprint density at radius 2 is 1.75 bits per heavy atom. The fourth-order valence-electron chi connectivity index (χ4n) is 1.74. The van der Waals surface area contributed by atoms with Crippen LogP contribution in [0.25, 0.3) is 0 Å². The second-order valence-electron chi connectivity index (χ2n) is 4.23. The summed E-state index contributed by atoms with van der Waals surface area (Å²) in [6.45, 7) is -0.131. The van der Waals surface area contributed by atoms with E-state index in [4.69, 9.17) is 17.2 Å². The monoisotopic (exact) mass is 281 g/mol. The van der Waals surface area contributed by atoms with E-state index in [1.165, 1.54) is 23.1 Å². The molecule has 0 aromatic heterocycles. The quantitative estimate of drug-likeness (QED) is 0.328. The van der Waals surface area contributed by atoms with Crippen LogP contribution in [0, 0.1) is 10.1 Å². The Hall–Kier alpha value is -2.68. The number of nitrogens with two attached hydrogens (primary N) is 3. The predicted molar refractivity (Wildman–Crippen MR) is 71.2 cm³/mol. The van der Waals surface area contributed by atoms with Gasteiger partial charge < -0.3 is 17.2 Å². The number of rotatable bonds is 7. The van der Waals surface area contributed by atoms with Crippen LogP contribution in [0.4, 0.5) is 11.4 Å². The number of nitro benzene ring substituents is 1. The molecule has 0 unspecified atom stereocenters. The average molecular weight is 281 g/mol. The van der Waals surface area contributed by atoms with Crippen LogP contribution in [0.2, 0.25) is 0 Å². The minimum absolute atomic E-state index is 0.00519. The molecule has 108 valence electrons. The Bertz CT molecular complexity index is 530. The molecule has 0 heterocycles. The third kappa shape index (κ3) is 4.53. The Balaban J connectivity index is 2.87. The van der Waals surface area contributed by atoms with Gasteiger partial charge in [-0.25, -0.2) is 0 Å². The maximum atomic E-state index is 10.9. The molecule has 20 heavy (non-hydrogen) atoms. The van der Waals surface area contributed by atoms with Gasteiger partial charge in [0.2, 0.25) is 11.8 Å². The third-order valence-electron chi connectivity index (χ3n) is 2.45. The summed E-state index contributed by atoms with van der Waals surface area (Å²) in [5, 5.41) is 10.6. The van der Waals surface area contributed by atoms with Crippen molar-refractivity contribution in [1.82, 2.24) is 4.90 Å². The molecule has 0 bridgehead atoms. The molecular formula is C11H15N5O4. The molecule has 1 aromatic carbocycles. The molecule has 0 aliphatic carbocycles. The number of carbonyl (C=O) groups is 2. The van der Waals surface area contributed by atoms with Crippen LogP contribution in [0.15, 0.2) is 18.2 Å². The van der Waals surface area contributed by atoms with E-state index in [9.17, 15) is 19.7 Å². The van der Waals surface area contributed by atoms with E-state index in [1.807, 2.05) is 0 Å². The van der Waals surface area contributed by atoms with Gasteiger partial charge in [-0.1, -0.05) is 6.07 Å². The minimum atomic E-state index is -0.610. The Morgan fingerprint density at radius 3 is 2.15 bits per heavy atom. The van der Waals surface area contributed by atoms with Crippen LogP contribution in [0.1, 0.15) is 5.56 Å². The summed E-state index contributed by atoms with van der Waals surface area (Å²) in [5.74, 6) is -1.22. The number of anilines is 1. The molecule has 9 nitrogen and oxygen atoms in total. The number of amides is 2. The second kappa shape index (κ2) is 6.48. The van der Waals surface area contributed by atoms with Crippen LogP contribution < -0.4 is 17.2 Å². The maximum Gasteiger partial charge on any atom is 0.292 e. The summed E-state index contributed by atoms with van der Waals surface area (Å²) < 4.78 is 0.